The number of hydrogen-bond donors (Lipinski definition) is 1. The van der Waals surface area contributed by atoms with E-state index in [9.17, 15) is 18.0 Å². The number of carbonyl (C=O) groups excluding carboxylic acids is 2. The normalized spacial score (nSPS) is 12.5. The third-order valence-corrected chi connectivity index (χ3v) is 9.77. The Labute approximate surface area is 277 Å². The monoisotopic (exact) mass is 661 g/mol. The number of ether oxygens (including phenoxy) is 1. The number of rotatable bonds is 14. The smallest absolute Gasteiger partial charge is 0.264 e. The lowest BCUT2D eigenvalue weighted by molar-refractivity contribution is -0.140. The fraction of sp³-hybridized carbons (Fsp3) is 0.278. The van der Waals surface area contributed by atoms with Gasteiger partial charge >= 0.3 is 0 Å². The van der Waals surface area contributed by atoms with E-state index in [4.69, 9.17) is 16.3 Å². The maximum Gasteiger partial charge on any atom is 0.264 e. The van der Waals surface area contributed by atoms with Crippen LogP contribution in [0, 0.1) is 6.92 Å². The van der Waals surface area contributed by atoms with Gasteiger partial charge in [-0.1, -0.05) is 73.1 Å². The summed E-state index contributed by atoms with van der Waals surface area (Å²) >= 11 is 6.06. The van der Waals surface area contributed by atoms with Gasteiger partial charge in [0.1, 0.15) is 18.3 Å². The van der Waals surface area contributed by atoms with Crippen molar-refractivity contribution in [1.29, 1.82) is 0 Å². The van der Waals surface area contributed by atoms with Crippen LogP contribution in [0.25, 0.3) is 0 Å². The SMILES string of the molecule is CCC(C)NC(=O)C(Cc1ccccc1)N(Cc1cccc(OC)c1)C(=O)CN(c1cccc(C)c1)S(=O)(=O)c1ccc(Cl)cc1. The molecule has 0 radical (unpaired) electrons. The van der Waals surface area contributed by atoms with Crippen LogP contribution in [0.15, 0.2) is 108 Å². The van der Waals surface area contributed by atoms with Crippen LogP contribution in [0.5, 0.6) is 5.75 Å². The van der Waals surface area contributed by atoms with Gasteiger partial charge in [0.15, 0.2) is 0 Å². The Kier molecular flexibility index (Phi) is 11.8. The van der Waals surface area contributed by atoms with Gasteiger partial charge in [-0.3, -0.25) is 13.9 Å². The molecule has 0 aliphatic carbocycles. The van der Waals surface area contributed by atoms with Crippen molar-refractivity contribution in [2.75, 3.05) is 18.0 Å². The fourth-order valence-electron chi connectivity index (χ4n) is 5.01. The molecule has 0 spiro atoms. The van der Waals surface area contributed by atoms with Crippen molar-refractivity contribution in [2.45, 2.75) is 57.1 Å². The number of nitrogens with zero attached hydrogens (tertiary/aromatic N) is 2. The molecule has 0 bridgehead atoms. The van der Waals surface area contributed by atoms with Crippen molar-refractivity contribution in [3.8, 4) is 5.75 Å². The molecule has 8 nitrogen and oxygen atoms in total. The van der Waals surface area contributed by atoms with Crippen LogP contribution in [0.1, 0.15) is 37.0 Å². The van der Waals surface area contributed by atoms with Crippen LogP contribution in [-0.2, 0) is 32.6 Å². The molecule has 4 aromatic carbocycles. The van der Waals surface area contributed by atoms with Crippen molar-refractivity contribution in [1.82, 2.24) is 10.2 Å². The second-order valence-electron chi connectivity index (χ2n) is 11.2. The molecule has 0 saturated heterocycles. The number of sulfonamides is 1. The highest BCUT2D eigenvalue weighted by Gasteiger charge is 2.35. The molecule has 0 aromatic heterocycles. The van der Waals surface area contributed by atoms with E-state index in [1.807, 2.05) is 69.3 Å². The summed E-state index contributed by atoms with van der Waals surface area (Å²) in [6.45, 7) is 5.23. The first-order chi connectivity index (χ1) is 22.0. The summed E-state index contributed by atoms with van der Waals surface area (Å²) in [5.41, 5.74) is 2.74. The zero-order valence-corrected chi connectivity index (χ0v) is 28.1. The van der Waals surface area contributed by atoms with Gasteiger partial charge in [-0.25, -0.2) is 8.42 Å². The van der Waals surface area contributed by atoms with Crippen molar-refractivity contribution >= 4 is 39.1 Å². The summed E-state index contributed by atoms with van der Waals surface area (Å²) in [7, 11) is -2.66. The molecular weight excluding hydrogens is 622 g/mol. The molecule has 2 amide bonds. The first kappa shape index (κ1) is 34.5. The topological polar surface area (TPSA) is 96.0 Å². The molecule has 4 aromatic rings. The predicted octanol–water partition coefficient (Wildman–Crippen LogP) is 6.41. The molecular formula is C36H40ClN3O5S. The highest BCUT2D eigenvalue weighted by molar-refractivity contribution is 7.92. The molecule has 242 valence electrons. The van der Waals surface area contributed by atoms with Crippen LogP contribution in [0.4, 0.5) is 5.69 Å². The Hall–Kier alpha value is -4.34. The largest absolute Gasteiger partial charge is 0.497 e. The van der Waals surface area contributed by atoms with Gasteiger partial charge in [-0.05, 0) is 85.5 Å². The molecule has 0 saturated carbocycles. The third kappa shape index (κ3) is 8.89. The van der Waals surface area contributed by atoms with Crippen molar-refractivity contribution < 1.29 is 22.7 Å². The number of benzene rings is 4. The first-order valence-electron chi connectivity index (χ1n) is 15.1. The van der Waals surface area contributed by atoms with Gasteiger partial charge in [-0.2, -0.15) is 0 Å². The van der Waals surface area contributed by atoms with Crippen LogP contribution in [0.3, 0.4) is 0 Å². The second kappa shape index (κ2) is 15.8. The molecule has 46 heavy (non-hydrogen) atoms. The summed E-state index contributed by atoms with van der Waals surface area (Å²) in [5.74, 6) is -0.264. The van der Waals surface area contributed by atoms with Gasteiger partial charge in [0.25, 0.3) is 10.0 Å². The summed E-state index contributed by atoms with van der Waals surface area (Å²) in [5, 5.41) is 3.43. The molecule has 4 rings (SSSR count). The van der Waals surface area contributed by atoms with E-state index in [2.05, 4.69) is 5.32 Å². The standard InChI is InChI=1S/C36H40ClN3O5S/c1-5-27(3)38-36(42)34(23-28-12-7-6-8-13-28)39(24-29-14-10-16-32(22-29)45-4)35(41)25-40(31-15-9-11-26(2)21-31)46(43,44)33-19-17-30(37)18-20-33/h6-22,27,34H,5,23-25H2,1-4H3,(H,38,42). The number of aryl methyl sites for hydroxylation is 1. The number of anilines is 1. The van der Waals surface area contributed by atoms with Crippen molar-refractivity contribution in [2.24, 2.45) is 0 Å². The molecule has 1 N–H and O–H groups in total. The number of nitrogens with one attached hydrogen (secondary N) is 1. The number of hydrogen-bond acceptors (Lipinski definition) is 5. The minimum Gasteiger partial charge on any atom is -0.497 e. The van der Waals surface area contributed by atoms with Crippen molar-refractivity contribution in [3.05, 3.63) is 125 Å². The fourth-order valence-corrected chi connectivity index (χ4v) is 6.54. The van der Waals surface area contributed by atoms with E-state index in [0.717, 1.165) is 21.0 Å². The molecule has 0 heterocycles. The van der Waals surface area contributed by atoms with Crippen LogP contribution in [0.2, 0.25) is 5.02 Å². The molecule has 10 heteroatoms. The average Bonchev–Trinajstić information content (AvgIpc) is 3.05. The van der Waals surface area contributed by atoms with Crippen molar-refractivity contribution in [3.63, 3.8) is 0 Å². The predicted molar refractivity (Wildman–Crippen MR) is 183 cm³/mol. The number of amides is 2. The summed E-state index contributed by atoms with van der Waals surface area (Å²) in [4.78, 5) is 30.0. The molecule has 0 aliphatic heterocycles. The van der Waals surface area contributed by atoms with E-state index in [1.165, 1.54) is 29.2 Å². The zero-order chi connectivity index (χ0) is 33.3. The van der Waals surface area contributed by atoms with E-state index in [0.29, 0.717) is 22.9 Å². The molecule has 2 unspecified atom stereocenters. The van der Waals surface area contributed by atoms with Crippen LogP contribution in [-0.4, -0.2) is 50.9 Å². The lowest BCUT2D eigenvalue weighted by Crippen LogP contribution is -2.54. The highest BCUT2D eigenvalue weighted by atomic mass is 35.5. The molecule has 2 atom stereocenters. The maximum atomic E-state index is 14.6. The van der Waals surface area contributed by atoms with Crippen LogP contribution < -0.4 is 14.4 Å². The van der Waals surface area contributed by atoms with E-state index in [1.54, 1.807) is 37.4 Å². The van der Waals surface area contributed by atoms with E-state index >= 15 is 0 Å². The lowest BCUT2D eigenvalue weighted by atomic mass is 10.0. The van der Waals surface area contributed by atoms with Gasteiger partial charge in [0.2, 0.25) is 11.8 Å². The quantitative estimate of drug-likeness (QED) is 0.169. The number of halogens is 1. The lowest BCUT2D eigenvalue weighted by Gasteiger charge is -2.34. The Morgan fingerprint density at radius 2 is 1.57 bits per heavy atom. The van der Waals surface area contributed by atoms with Crippen LogP contribution >= 0.6 is 11.6 Å². The number of carbonyl (C=O) groups is 2. The average molecular weight is 662 g/mol. The maximum absolute atomic E-state index is 14.6. The molecule has 0 aliphatic rings. The Balaban J connectivity index is 1.82. The minimum atomic E-state index is -4.22. The Morgan fingerprint density at radius 1 is 0.891 bits per heavy atom. The Bertz CT molecular complexity index is 1730. The summed E-state index contributed by atoms with van der Waals surface area (Å²) in [6, 6.07) is 28.4. The Morgan fingerprint density at radius 3 is 2.22 bits per heavy atom. The van der Waals surface area contributed by atoms with Gasteiger partial charge in [0, 0.05) is 24.0 Å². The summed E-state index contributed by atoms with van der Waals surface area (Å²) in [6.07, 6.45) is 0.932. The van der Waals surface area contributed by atoms with E-state index < -0.39 is 28.5 Å². The third-order valence-electron chi connectivity index (χ3n) is 7.73. The summed E-state index contributed by atoms with van der Waals surface area (Å²) < 4.78 is 34.8. The van der Waals surface area contributed by atoms with E-state index in [-0.39, 0.29) is 29.8 Å². The minimum absolute atomic E-state index is 0.0131. The number of methoxy groups -OCH3 is 1. The highest BCUT2D eigenvalue weighted by Crippen LogP contribution is 2.27. The van der Waals surface area contributed by atoms with Gasteiger partial charge in [0.05, 0.1) is 17.7 Å². The van der Waals surface area contributed by atoms with Gasteiger partial charge < -0.3 is 15.0 Å². The zero-order valence-electron chi connectivity index (χ0n) is 26.5. The molecule has 0 fully saturated rings. The van der Waals surface area contributed by atoms with Gasteiger partial charge in [-0.15, -0.1) is 0 Å². The first-order valence-corrected chi connectivity index (χ1v) is 16.9. The second-order valence-corrected chi connectivity index (χ2v) is 13.5.